The maximum atomic E-state index is 13.7. The number of hydrogen-bond acceptors (Lipinski definition) is 4. The molecular formula is C26H27ClN2O5. The van der Waals surface area contributed by atoms with E-state index in [0.29, 0.717) is 36.7 Å². The highest BCUT2D eigenvalue weighted by Gasteiger charge is 2.51. The Hall–Kier alpha value is -3.32. The summed E-state index contributed by atoms with van der Waals surface area (Å²) in [6.07, 6.45) is 2.56. The molecular weight excluding hydrogens is 456 g/mol. The molecule has 1 aliphatic heterocycles. The molecule has 3 aromatic rings. The van der Waals surface area contributed by atoms with Crippen LogP contribution in [0.25, 0.3) is 10.8 Å². The number of likely N-dealkylation sites (tertiary alicyclic amines) is 1. The summed E-state index contributed by atoms with van der Waals surface area (Å²) in [4.78, 5) is 41.1. The van der Waals surface area contributed by atoms with Crippen LogP contribution in [-0.4, -0.2) is 51.3 Å². The third kappa shape index (κ3) is 4.94. The summed E-state index contributed by atoms with van der Waals surface area (Å²) in [5, 5.41) is 11.5. The summed E-state index contributed by atoms with van der Waals surface area (Å²) in [6.45, 7) is 2.87. The molecule has 0 saturated carbocycles. The lowest BCUT2D eigenvalue weighted by atomic mass is 9.84. The molecule has 34 heavy (non-hydrogen) atoms. The van der Waals surface area contributed by atoms with Gasteiger partial charge in [0.05, 0.1) is 12.7 Å². The quantitative estimate of drug-likeness (QED) is 0.484. The van der Waals surface area contributed by atoms with Crippen molar-refractivity contribution in [3.63, 3.8) is 0 Å². The van der Waals surface area contributed by atoms with Gasteiger partial charge in [-0.2, -0.15) is 0 Å². The number of carbonyl (C=O) groups excluding carboxylic acids is 2. The average Bonchev–Trinajstić information content (AvgIpc) is 3.20. The van der Waals surface area contributed by atoms with Crippen LogP contribution in [0.1, 0.15) is 37.5 Å². The minimum atomic E-state index is -0.977. The number of benzene rings is 2. The molecule has 2 heterocycles. The van der Waals surface area contributed by atoms with Gasteiger partial charge in [-0.25, -0.2) is 0 Å². The number of hydrogen-bond donors (Lipinski definition) is 1. The van der Waals surface area contributed by atoms with Gasteiger partial charge < -0.3 is 19.3 Å². The smallest absolute Gasteiger partial charge is 0.303 e. The third-order valence-electron chi connectivity index (χ3n) is 6.47. The van der Waals surface area contributed by atoms with Gasteiger partial charge in [0.1, 0.15) is 11.3 Å². The highest BCUT2D eigenvalue weighted by Crippen LogP contribution is 2.34. The number of amides is 2. The summed E-state index contributed by atoms with van der Waals surface area (Å²) in [5.74, 6) is -0.672. The Labute approximate surface area is 202 Å². The van der Waals surface area contributed by atoms with Gasteiger partial charge in [-0.1, -0.05) is 48.0 Å². The maximum absolute atomic E-state index is 13.7. The first-order chi connectivity index (χ1) is 16.3. The Morgan fingerprint density at radius 1 is 1.15 bits per heavy atom. The highest BCUT2D eigenvalue weighted by molar-refractivity contribution is 6.30. The molecule has 4 rings (SSSR count). The second kappa shape index (κ2) is 9.89. The van der Waals surface area contributed by atoms with Crippen molar-refractivity contribution < 1.29 is 23.9 Å². The second-order valence-corrected chi connectivity index (χ2v) is 9.28. The average molecular weight is 483 g/mol. The van der Waals surface area contributed by atoms with Crippen molar-refractivity contribution in [1.29, 1.82) is 0 Å². The van der Waals surface area contributed by atoms with E-state index < -0.39 is 11.5 Å². The van der Waals surface area contributed by atoms with Crippen LogP contribution in [0.3, 0.4) is 0 Å². The first kappa shape index (κ1) is 23.8. The lowest BCUT2D eigenvalue weighted by Gasteiger charge is -2.51. The summed E-state index contributed by atoms with van der Waals surface area (Å²) < 4.78 is 5.64. The number of furan rings is 1. The molecule has 1 saturated heterocycles. The number of fused-ring (bicyclic) bond motifs is 1. The van der Waals surface area contributed by atoms with Crippen LogP contribution in [0.4, 0.5) is 0 Å². The third-order valence-corrected chi connectivity index (χ3v) is 6.73. The molecule has 178 valence electrons. The second-order valence-electron chi connectivity index (χ2n) is 8.84. The fourth-order valence-corrected chi connectivity index (χ4v) is 4.55. The fourth-order valence-electron chi connectivity index (χ4n) is 4.43. The molecule has 2 aromatic carbocycles. The Morgan fingerprint density at radius 3 is 2.56 bits per heavy atom. The Morgan fingerprint density at radius 2 is 1.88 bits per heavy atom. The molecule has 2 amide bonds. The molecule has 1 unspecified atom stereocenters. The Kier molecular flexibility index (Phi) is 6.93. The van der Waals surface area contributed by atoms with E-state index in [1.165, 1.54) is 0 Å². The minimum absolute atomic E-state index is 0.0324. The number of carboxylic acid groups (broad SMARTS) is 1. The first-order valence-corrected chi connectivity index (χ1v) is 11.7. The van der Waals surface area contributed by atoms with E-state index in [2.05, 4.69) is 0 Å². The number of rotatable bonds is 9. The van der Waals surface area contributed by atoms with Gasteiger partial charge in [0.15, 0.2) is 0 Å². The molecule has 1 aromatic heterocycles. The fraction of sp³-hybridized carbons (Fsp3) is 0.346. The molecule has 0 spiro atoms. The Bertz CT molecular complexity index is 1210. The van der Waals surface area contributed by atoms with Crippen molar-refractivity contribution >= 4 is 40.2 Å². The molecule has 0 radical (unpaired) electrons. The number of halogens is 1. The van der Waals surface area contributed by atoms with Gasteiger partial charge in [-0.05, 0) is 37.5 Å². The summed E-state index contributed by atoms with van der Waals surface area (Å²) in [5.41, 5.74) is -0.0919. The zero-order valence-corrected chi connectivity index (χ0v) is 19.8. The molecule has 1 N–H and O–H groups in total. The van der Waals surface area contributed by atoms with E-state index in [0.717, 1.165) is 16.3 Å². The molecule has 1 atom stereocenters. The number of carboxylic acids is 1. The number of aliphatic carboxylic acids is 1. The highest BCUT2D eigenvalue weighted by atomic mass is 35.5. The normalized spacial score (nSPS) is 17.4. The van der Waals surface area contributed by atoms with E-state index in [4.69, 9.17) is 21.1 Å². The predicted molar refractivity (Wildman–Crippen MR) is 128 cm³/mol. The van der Waals surface area contributed by atoms with E-state index in [1.807, 2.05) is 36.4 Å². The number of carbonyl (C=O) groups is 3. The number of nitrogens with zero attached hydrogens (tertiary/aromatic N) is 2. The van der Waals surface area contributed by atoms with E-state index in [9.17, 15) is 14.4 Å². The first-order valence-electron chi connectivity index (χ1n) is 11.3. The van der Waals surface area contributed by atoms with E-state index in [-0.39, 0.29) is 31.2 Å². The van der Waals surface area contributed by atoms with Gasteiger partial charge in [-0.3, -0.25) is 14.4 Å². The monoisotopic (exact) mass is 482 g/mol. The van der Waals surface area contributed by atoms with Crippen LogP contribution in [0.15, 0.2) is 59.2 Å². The molecule has 1 fully saturated rings. The van der Waals surface area contributed by atoms with E-state index >= 15 is 0 Å². The van der Waals surface area contributed by atoms with Crippen LogP contribution in [0, 0.1) is 0 Å². The molecule has 7 nitrogen and oxygen atoms in total. The van der Waals surface area contributed by atoms with E-state index in [1.54, 1.807) is 35.1 Å². The van der Waals surface area contributed by atoms with Crippen molar-refractivity contribution in [2.24, 2.45) is 0 Å². The summed E-state index contributed by atoms with van der Waals surface area (Å²) >= 11 is 5.98. The van der Waals surface area contributed by atoms with Crippen molar-refractivity contribution in [1.82, 2.24) is 9.80 Å². The van der Waals surface area contributed by atoms with Gasteiger partial charge in [0.2, 0.25) is 11.8 Å². The van der Waals surface area contributed by atoms with Gasteiger partial charge in [-0.15, -0.1) is 0 Å². The molecule has 1 aliphatic rings. The van der Waals surface area contributed by atoms with Crippen molar-refractivity contribution in [3.8, 4) is 0 Å². The largest absolute Gasteiger partial charge is 0.481 e. The van der Waals surface area contributed by atoms with Gasteiger partial charge >= 0.3 is 5.97 Å². The molecule has 8 heteroatoms. The zero-order chi connectivity index (χ0) is 24.3. The van der Waals surface area contributed by atoms with Gasteiger partial charge in [0, 0.05) is 41.9 Å². The van der Waals surface area contributed by atoms with Crippen LogP contribution in [0.2, 0.25) is 5.02 Å². The van der Waals surface area contributed by atoms with Crippen LogP contribution < -0.4 is 0 Å². The summed E-state index contributed by atoms with van der Waals surface area (Å²) in [7, 11) is 0. The predicted octanol–water partition coefficient (Wildman–Crippen LogP) is 4.51. The van der Waals surface area contributed by atoms with Crippen molar-refractivity contribution in [3.05, 3.63) is 71.1 Å². The minimum Gasteiger partial charge on any atom is -0.481 e. The zero-order valence-electron chi connectivity index (χ0n) is 19.0. The lowest BCUT2D eigenvalue weighted by molar-refractivity contribution is -0.164. The molecule has 0 aliphatic carbocycles. The lowest BCUT2D eigenvalue weighted by Crippen LogP contribution is -2.68. The van der Waals surface area contributed by atoms with Crippen LogP contribution >= 0.6 is 11.6 Å². The standard InChI is InChI=1S/C26H27ClN2O5/c1-26(12-14-29(26)23(30)15-22-21-6-3-2-5-19(21)17-34-22)25(33)28(13-4-7-24(31)32)16-18-8-10-20(27)11-9-18/h2-3,5-6,8-11,17H,4,7,12-16H2,1H3,(H,31,32). The topological polar surface area (TPSA) is 91.1 Å². The molecule has 0 bridgehead atoms. The van der Waals surface area contributed by atoms with Gasteiger partial charge in [0.25, 0.3) is 0 Å². The van der Waals surface area contributed by atoms with Crippen LogP contribution in [-0.2, 0) is 27.3 Å². The van der Waals surface area contributed by atoms with Crippen molar-refractivity contribution in [2.45, 2.75) is 44.7 Å². The summed E-state index contributed by atoms with van der Waals surface area (Å²) in [6, 6.07) is 14.8. The SMILES string of the molecule is CC1(C(=O)N(CCCC(=O)O)Cc2ccc(Cl)cc2)CCN1C(=O)Cc1occ2ccccc12. The van der Waals surface area contributed by atoms with Crippen LogP contribution in [0.5, 0.6) is 0 Å². The van der Waals surface area contributed by atoms with Crippen molar-refractivity contribution in [2.75, 3.05) is 13.1 Å². The maximum Gasteiger partial charge on any atom is 0.303 e. The Balaban J connectivity index is 1.50.